The minimum absolute atomic E-state index is 0.245. The van der Waals surface area contributed by atoms with E-state index < -0.39 is 12.1 Å². The maximum Gasteiger partial charge on any atom is 0.472 e. The van der Waals surface area contributed by atoms with Crippen molar-refractivity contribution in [1.29, 1.82) is 0 Å². The molecule has 1 aromatic heterocycles. The predicted octanol–water partition coefficient (Wildman–Crippen LogP) is 1.85. The van der Waals surface area contributed by atoms with Crippen LogP contribution in [-0.2, 0) is 4.79 Å². The number of nitrogens with one attached hydrogen (secondary N) is 2. The summed E-state index contributed by atoms with van der Waals surface area (Å²) in [6.45, 7) is 1.92. The van der Waals surface area contributed by atoms with Crippen LogP contribution in [0.2, 0.25) is 0 Å². The van der Waals surface area contributed by atoms with Crippen molar-refractivity contribution in [2.45, 2.75) is 13.1 Å². The van der Waals surface area contributed by atoms with Crippen LogP contribution in [-0.4, -0.2) is 27.3 Å². The van der Waals surface area contributed by atoms with Gasteiger partial charge < -0.3 is 0 Å². The second-order valence-electron chi connectivity index (χ2n) is 4.11. The summed E-state index contributed by atoms with van der Waals surface area (Å²) >= 11 is 0. The molecule has 0 saturated heterocycles. The van der Waals surface area contributed by atoms with E-state index in [1.54, 1.807) is 12.1 Å². The molecule has 2 rings (SSSR count). The van der Waals surface area contributed by atoms with E-state index in [0.29, 0.717) is 5.69 Å². The highest BCUT2D eigenvalue weighted by Gasteiger charge is 2.38. The average molecular weight is 297 g/mol. The first-order chi connectivity index (χ1) is 9.86. The fourth-order valence-electron chi connectivity index (χ4n) is 1.40. The van der Waals surface area contributed by atoms with Crippen LogP contribution in [0.1, 0.15) is 5.56 Å². The molecule has 2 N–H and O–H groups in total. The molecule has 0 atom stereocenters. The van der Waals surface area contributed by atoms with Crippen LogP contribution in [0.4, 0.5) is 19.1 Å². The molecule has 0 unspecified atom stereocenters. The molecule has 1 amide bonds. The lowest BCUT2D eigenvalue weighted by atomic mass is 10.1. The van der Waals surface area contributed by atoms with Gasteiger partial charge in [0.2, 0.25) is 0 Å². The molecule has 0 radical (unpaired) electrons. The highest BCUT2D eigenvalue weighted by atomic mass is 19.4. The van der Waals surface area contributed by atoms with Gasteiger partial charge in [-0.3, -0.25) is 15.6 Å². The number of alkyl halides is 3. The minimum atomic E-state index is -4.99. The van der Waals surface area contributed by atoms with E-state index >= 15 is 0 Å². The van der Waals surface area contributed by atoms with Crippen molar-refractivity contribution in [3.05, 3.63) is 36.0 Å². The van der Waals surface area contributed by atoms with E-state index in [0.717, 1.165) is 11.1 Å². The van der Waals surface area contributed by atoms with Crippen molar-refractivity contribution in [1.82, 2.24) is 20.6 Å². The molecule has 0 aliphatic carbocycles. The topological polar surface area (TPSA) is 79.8 Å². The summed E-state index contributed by atoms with van der Waals surface area (Å²) in [5.74, 6) is -2.39. The van der Waals surface area contributed by atoms with Gasteiger partial charge in [0.15, 0.2) is 0 Å². The summed E-state index contributed by atoms with van der Waals surface area (Å²) in [6.07, 6.45) is -3.63. The van der Waals surface area contributed by atoms with Crippen LogP contribution in [0.3, 0.4) is 0 Å². The highest BCUT2D eigenvalue weighted by molar-refractivity contribution is 5.82. The van der Waals surface area contributed by atoms with Crippen LogP contribution in [0.25, 0.3) is 11.3 Å². The summed E-state index contributed by atoms with van der Waals surface area (Å²) < 4.78 is 36.1. The van der Waals surface area contributed by atoms with Crippen LogP contribution in [0.15, 0.2) is 30.5 Å². The second kappa shape index (κ2) is 5.73. The van der Waals surface area contributed by atoms with E-state index in [9.17, 15) is 18.0 Å². The molecular formula is C12H10F3N5O. The molecule has 21 heavy (non-hydrogen) atoms. The van der Waals surface area contributed by atoms with Gasteiger partial charge >= 0.3 is 12.1 Å². The van der Waals surface area contributed by atoms with Crippen LogP contribution in [0.5, 0.6) is 0 Å². The molecule has 2 aromatic rings. The third kappa shape index (κ3) is 3.88. The number of aryl methyl sites for hydroxylation is 1. The molecule has 0 spiro atoms. The van der Waals surface area contributed by atoms with Gasteiger partial charge in [-0.15, -0.1) is 5.10 Å². The lowest BCUT2D eigenvalue weighted by Gasteiger charge is -2.09. The number of hydrazine groups is 1. The summed E-state index contributed by atoms with van der Waals surface area (Å²) in [5.41, 5.74) is 5.60. The van der Waals surface area contributed by atoms with Crippen molar-refractivity contribution in [2.24, 2.45) is 0 Å². The lowest BCUT2D eigenvalue weighted by Crippen LogP contribution is -2.40. The van der Waals surface area contributed by atoms with Gasteiger partial charge in [-0.25, -0.2) is 4.98 Å². The molecule has 0 fully saturated rings. The molecule has 0 saturated carbocycles. The quantitative estimate of drug-likeness (QED) is 0.845. The first kappa shape index (κ1) is 14.7. The lowest BCUT2D eigenvalue weighted by molar-refractivity contribution is -0.173. The zero-order valence-electron chi connectivity index (χ0n) is 10.8. The van der Waals surface area contributed by atoms with E-state index in [2.05, 4.69) is 15.2 Å². The number of carbonyl (C=O) groups is 1. The number of nitrogens with zero attached hydrogens (tertiary/aromatic N) is 3. The third-order valence-corrected chi connectivity index (χ3v) is 2.45. The second-order valence-corrected chi connectivity index (χ2v) is 4.11. The van der Waals surface area contributed by atoms with E-state index in [1.807, 2.05) is 24.5 Å². The number of hydrogen-bond donors (Lipinski definition) is 2. The van der Waals surface area contributed by atoms with Crippen LogP contribution >= 0.6 is 0 Å². The minimum Gasteiger partial charge on any atom is -0.264 e. The Kier molecular flexibility index (Phi) is 4.01. The summed E-state index contributed by atoms with van der Waals surface area (Å²) in [5, 5.41) is 7.10. The standard InChI is InChI=1S/C12H10F3N5O/c1-7-2-4-8(5-3-7)9-6-16-19-11(17-9)20-18-10(21)12(13,14)15/h2-6H,1H3,(H,18,21)(H,17,19,20). The molecule has 0 aliphatic rings. The fourth-order valence-corrected chi connectivity index (χ4v) is 1.40. The summed E-state index contributed by atoms with van der Waals surface area (Å²) in [6, 6.07) is 7.29. The normalized spacial score (nSPS) is 11.0. The van der Waals surface area contributed by atoms with Crippen LogP contribution < -0.4 is 10.9 Å². The Morgan fingerprint density at radius 1 is 1.19 bits per heavy atom. The molecule has 9 heteroatoms. The maximum absolute atomic E-state index is 12.0. The van der Waals surface area contributed by atoms with E-state index in [-0.39, 0.29) is 5.95 Å². The van der Waals surface area contributed by atoms with Gasteiger partial charge in [-0.05, 0) is 6.92 Å². The van der Waals surface area contributed by atoms with E-state index in [4.69, 9.17) is 0 Å². The Hall–Kier alpha value is -2.71. The number of hydrogen-bond acceptors (Lipinski definition) is 5. The third-order valence-electron chi connectivity index (χ3n) is 2.45. The number of benzene rings is 1. The first-order valence-corrected chi connectivity index (χ1v) is 5.76. The molecule has 0 bridgehead atoms. The summed E-state index contributed by atoms with van der Waals surface area (Å²) in [7, 11) is 0. The van der Waals surface area contributed by atoms with Crippen molar-refractivity contribution < 1.29 is 18.0 Å². The Balaban J connectivity index is 2.11. The Labute approximate surface area is 117 Å². The van der Waals surface area contributed by atoms with Gasteiger partial charge in [-0.1, -0.05) is 29.8 Å². The van der Waals surface area contributed by atoms with Gasteiger partial charge in [0.05, 0.1) is 11.9 Å². The number of rotatable bonds is 3. The average Bonchev–Trinajstić information content (AvgIpc) is 2.45. The smallest absolute Gasteiger partial charge is 0.264 e. The summed E-state index contributed by atoms with van der Waals surface area (Å²) in [4.78, 5) is 14.6. The largest absolute Gasteiger partial charge is 0.472 e. The van der Waals surface area contributed by atoms with E-state index in [1.165, 1.54) is 11.6 Å². The van der Waals surface area contributed by atoms with Crippen molar-refractivity contribution >= 4 is 11.9 Å². The molecule has 1 heterocycles. The fraction of sp³-hybridized carbons (Fsp3) is 0.167. The SMILES string of the molecule is Cc1ccc(-c2cnnc(NNC(=O)C(F)(F)F)n2)cc1. The Bertz CT molecular complexity index is 642. The zero-order chi connectivity index (χ0) is 15.5. The zero-order valence-corrected chi connectivity index (χ0v) is 10.8. The number of amides is 1. The van der Waals surface area contributed by atoms with Crippen molar-refractivity contribution in [2.75, 3.05) is 5.43 Å². The van der Waals surface area contributed by atoms with Gasteiger partial charge in [0.25, 0.3) is 5.95 Å². The number of anilines is 1. The van der Waals surface area contributed by atoms with Crippen molar-refractivity contribution in [3.63, 3.8) is 0 Å². The molecule has 1 aromatic carbocycles. The first-order valence-electron chi connectivity index (χ1n) is 5.76. The number of aromatic nitrogens is 3. The van der Waals surface area contributed by atoms with Gasteiger partial charge in [0.1, 0.15) is 0 Å². The predicted molar refractivity (Wildman–Crippen MR) is 67.8 cm³/mol. The van der Waals surface area contributed by atoms with Crippen molar-refractivity contribution in [3.8, 4) is 11.3 Å². The molecule has 0 aliphatic heterocycles. The van der Waals surface area contributed by atoms with Gasteiger partial charge in [0, 0.05) is 5.56 Å². The highest BCUT2D eigenvalue weighted by Crippen LogP contribution is 2.17. The van der Waals surface area contributed by atoms with Gasteiger partial charge in [-0.2, -0.15) is 18.3 Å². The van der Waals surface area contributed by atoms with Crippen LogP contribution in [0, 0.1) is 6.92 Å². The molecular weight excluding hydrogens is 287 g/mol. The number of carbonyl (C=O) groups excluding carboxylic acids is 1. The Morgan fingerprint density at radius 2 is 1.86 bits per heavy atom. The molecule has 6 nitrogen and oxygen atoms in total. The Morgan fingerprint density at radius 3 is 2.48 bits per heavy atom. The maximum atomic E-state index is 12.0. The monoisotopic (exact) mass is 297 g/mol. The number of halogens is 3. The molecule has 110 valence electrons.